The Kier molecular flexibility index (Phi) is 5.34. The number of benzene rings is 2. The number of fused-ring (bicyclic) bond motifs is 1. The Morgan fingerprint density at radius 1 is 1.07 bits per heavy atom. The molecule has 28 heavy (non-hydrogen) atoms. The molecule has 1 aliphatic rings. The van der Waals surface area contributed by atoms with Gasteiger partial charge in [-0.15, -0.1) is 10.2 Å². The summed E-state index contributed by atoms with van der Waals surface area (Å²) in [5.41, 5.74) is 6.51. The van der Waals surface area contributed by atoms with E-state index in [0.29, 0.717) is 5.16 Å². The number of thioether (sulfide) groups is 1. The number of hydrogen-bond acceptors (Lipinski definition) is 5. The second-order valence-electron chi connectivity index (χ2n) is 6.64. The molecule has 2 aromatic carbocycles. The molecule has 1 aliphatic heterocycles. The molecule has 1 amide bonds. The highest BCUT2D eigenvalue weighted by molar-refractivity contribution is 8.00. The fourth-order valence-electron chi connectivity index (χ4n) is 3.39. The molecule has 2 N–H and O–H groups in total. The maximum Gasteiger partial charge on any atom is 0.240 e. The highest BCUT2D eigenvalue weighted by atomic mass is 32.2. The smallest absolute Gasteiger partial charge is 0.240 e. The number of aryl methyl sites for hydroxylation is 2. The van der Waals surface area contributed by atoms with Crippen LogP contribution in [0.1, 0.15) is 36.8 Å². The maximum absolute atomic E-state index is 13.3. The molecule has 144 valence electrons. The number of rotatable bonds is 5. The number of carbonyl (C=O) groups excluding carboxylic acids is 1. The molecule has 6 nitrogen and oxygen atoms in total. The zero-order valence-electron chi connectivity index (χ0n) is 15.9. The Hall–Kier alpha value is -2.80. The van der Waals surface area contributed by atoms with E-state index in [4.69, 9.17) is 0 Å². The lowest BCUT2D eigenvalue weighted by atomic mass is 10.0. The molecule has 0 unspecified atom stereocenters. The van der Waals surface area contributed by atoms with Crippen molar-refractivity contribution in [3.63, 3.8) is 0 Å². The molecule has 0 radical (unpaired) electrons. The van der Waals surface area contributed by atoms with Gasteiger partial charge in [-0.2, -0.15) is 0 Å². The zero-order chi connectivity index (χ0) is 19.5. The van der Waals surface area contributed by atoms with Crippen molar-refractivity contribution < 1.29 is 4.79 Å². The van der Waals surface area contributed by atoms with Crippen molar-refractivity contribution in [1.82, 2.24) is 14.9 Å². The summed E-state index contributed by atoms with van der Waals surface area (Å²) in [5, 5.41) is 12.0. The Morgan fingerprint density at radius 3 is 2.57 bits per heavy atom. The summed E-state index contributed by atoms with van der Waals surface area (Å²) in [7, 11) is 0. The molecule has 7 heteroatoms. The van der Waals surface area contributed by atoms with Crippen LogP contribution < -0.4 is 10.7 Å². The molecular weight excluding hydrogens is 370 g/mol. The second kappa shape index (κ2) is 8.06. The minimum absolute atomic E-state index is 0.0421. The van der Waals surface area contributed by atoms with Gasteiger partial charge in [0, 0.05) is 12.1 Å². The minimum atomic E-state index is -0.367. The van der Waals surface area contributed by atoms with E-state index in [1.807, 2.05) is 66.2 Å². The summed E-state index contributed by atoms with van der Waals surface area (Å²) < 4.78 is 1.91. The molecule has 1 aromatic heterocycles. The Balaban J connectivity index is 1.67. The Labute approximate surface area is 168 Å². The van der Waals surface area contributed by atoms with Crippen LogP contribution in [0.25, 0.3) is 0 Å². The van der Waals surface area contributed by atoms with Gasteiger partial charge in [0.25, 0.3) is 0 Å². The fourth-order valence-corrected chi connectivity index (χ4v) is 4.49. The molecular formula is C21H23N5OS. The lowest BCUT2D eigenvalue weighted by Gasteiger charge is -2.33. The van der Waals surface area contributed by atoms with E-state index in [0.717, 1.165) is 35.5 Å². The Bertz CT molecular complexity index is 972. The van der Waals surface area contributed by atoms with Gasteiger partial charge in [0.2, 0.25) is 11.1 Å². The second-order valence-corrected chi connectivity index (χ2v) is 7.75. The van der Waals surface area contributed by atoms with Gasteiger partial charge in [0.15, 0.2) is 5.82 Å². The highest BCUT2D eigenvalue weighted by Gasteiger charge is 2.37. The number of amides is 1. The first-order valence-electron chi connectivity index (χ1n) is 9.52. The summed E-state index contributed by atoms with van der Waals surface area (Å²) in [6.07, 6.45) is 1.63. The summed E-state index contributed by atoms with van der Waals surface area (Å²) in [6, 6.07) is 17.8. The van der Waals surface area contributed by atoms with Crippen LogP contribution in [0.4, 0.5) is 5.69 Å². The van der Waals surface area contributed by atoms with Crippen LogP contribution in [-0.2, 0) is 17.6 Å². The van der Waals surface area contributed by atoms with Gasteiger partial charge in [-0.05, 0) is 23.6 Å². The molecule has 0 bridgehead atoms. The third-order valence-electron chi connectivity index (χ3n) is 4.89. The van der Waals surface area contributed by atoms with E-state index in [-0.39, 0.29) is 17.2 Å². The maximum atomic E-state index is 13.3. The summed E-state index contributed by atoms with van der Waals surface area (Å²) in [4.78, 5) is 13.3. The average Bonchev–Trinajstić information content (AvgIpc) is 3.16. The lowest BCUT2D eigenvalue weighted by molar-refractivity contribution is -0.116. The van der Waals surface area contributed by atoms with Crippen molar-refractivity contribution in [1.29, 1.82) is 0 Å². The molecule has 4 rings (SSSR count). The number of hydrogen-bond donors (Lipinski definition) is 2. The standard InChI is InChI=1S/C21H23N5OS/c1-3-14-10-8-9-13-16(14)22-20(27)19-18(15-11-6-5-7-12-15)25-26-17(4-2)23-24-21(26)28-19/h5-13,18-19,25H,3-4H2,1-2H3,(H,22,27)/t18-,19+/m1/s1. The third kappa shape index (κ3) is 3.49. The monoisotopic (exact) mass is 393 g/mol. The first-order valence-corrected chi connectivity index (χ1v) is 10.4. The topological polar surface area (TPSA) is 71.8 Å². The molecule has 0 fully saturated rings. The van der Waals surface area contributed by atoms with E-state index in [9.17, 15) is 4.79 Å². The van der Waals surface area contributed by atoms with Crippen LogP contribution in [0, 0.1) is 0 Å². The molecule has 0 saturated carbocycles. The number of carbonyl (C=O) groups is 1. The van der Waals surface area contributed by atoms with Gasteiger partial charge in [-0.3, -0.25) is 4.79 Å². The van der Waals surface area contributed by atoms with E-state index < -0.39 is 0 Å². The largest absolute Gasteiger partial charge is 0.325 e. The molecule has 0 spiro atoms. The van der Waals surface area contributed by atoms with Gasteiger partial charge in [0.1, 0.15) is 5.25 Å². The van der Waals surface area contributed by atoms with Crippen molar-refractivity contribution in [2.75, 3.05) is 10.7 Å². The van der Waals surface area contributed by atoms with Crippen LogP contribution >= 0.6 is 11.8 Å². The normalized spacial score (nSPS) is 18.2. The summed E-state index contributed by atoms with van der Waals surface area (Å²) >= 11 is 1.45. The van der Waals surface area contributed by atoms with Crippen LogP contribution in [0.5, 0.6) is 0 Å². The molecule has 2 heterocycles. The van der Waals surface area contributed by atoms with Crippen molar-refractivity contribution in [3.05, 3.63) is 71.5 Å². The van der Waals surface area contributed by atoms with Crippen LogP contribution in [0.2, 0.25) is 0 Å². The molecule has 0 saturated heterocycles. The van der Waals surface area contributed by atoms with E-state index in [1.165, 1.54) is 11.8 Å². The minimum Gasteiger partial charge on any atom is -0.325 e. The van der Waals surface area contributed by atoms with Crippen LogP contribution in [-0.4, -0.2) is 26.0 Å². The Morgan fingerprint density at radius 2 is 1.82 bits per heavy atom. The van der Waals surface area contributed by atoms with E-state index >= 15 is 0 Å². The molecule has 2 atom stereocenters. The van der Waals surface area contributed by atoms with Gasteiger partial charge < -0.3 is 10.7 Å². The number of nitrogens with one attached hydrogen (secondary N) is 2. The number of aromatic nitrogens is 3. The van der Waals surface area contributed by atoms with Gasteiger partial charge >= 0.3 is 0 Å². The lowest BCUT2D eigenvalue weighted by Crippen LogP contribution is -2.41. The first-order chi connectivity index (χ1) is 13.7. The molecule has 3 aromatic rings. The summed E-state index contributed by atoms with van der Waals surface area (Å²) in [6.45, 7) is 4.13. The van der Waals surface area contributed by atoms with Crippen molar-refractivity contribution >= 4 is 23.4 Å². The third-order valence-corrected chi connectivity index (χ3v) is 6.11. The van der Waals surface area contributed by atoms with Crippen LogP contribution in [0.15, 0.2) is 59.8 Å². The predicted octanol–water partition coefficient (Wildman–Crippen LogP) is 3.80. The van der Waals surface area contributed by atoms with Gasteiger partial charge in [-0.1, -0.05) is 74.1 Å². The van der Waals surface area contributed by atoms with Crippen molar-refractivity contribution in [3.8, 4) is 0 Å². The molecule has 0 aliphatic carbocycles. The van der Waals surface area contributed by atoms with E-state index in [1.54, 1.807) is 0 Å². The number of anilines is 1. The van der Waals surface area contributed by atoms with Gasteiger partial charge in [0.05, 0.1) is 6.04 Å². The fraction of sp³-hybridized carbons (Fsp3) is 0.286. The highest BCUT2D eigenvalue weighted by Crippen LogP contribution is 2.37. The predicted molar refractivity (Wildman–Crippen MR) is 112 cm³/mol. The van der Waals surface area contributed by atoms with Crippen molar-refractivity contribution in [2.45, 2.75) is 43.1 Å². The average molecular weight is 394 g/mol. The first kappa shape index (κ1) is 18.6. The zero-order valence-corrected chi connectivity index (χ0v) is 16.7. The quantitative estimate of drug-likeness (QED) is 0.690. The van der Waals surface area contributed by atoms with E-state index in [2.05, 4.69) is 27.9 Å². The van der Waals surface area contributed by atoms with Crippen molar-refractivity contribution in [2.24, 2.45) is 0 Å². The SMILES string of the molecule is CCc1ccccc1NC(=O)[C@H]1Sc2nnc(CC)n2N[C@@H]1c1ccccc1. The number of nitrogens with zero attached hydrogens (tertiary/aromatic N) is 3. The van der Waals surface area contributed by atoms with Gasteiger partial charge in [-0.25, -0.2) is 4.68 Å². The summed E-state index contributed by atoms with van der Waals surface area (Å²) in [5.74, 6) is 0.818. The number of para-hydroxylation sites is 1. The van der Waals surface area contributed by atoms with Crippen LogP contribution in [0.3, 0.4) is 0 Å².